The van der Waals surface area contributed by atoms with E-state index in [1.165, 1.54) is 0 Å². The molecule has 1 heterocycles. The standard InChI is InChI=1S/C7H10N2O3S/c1-2-9(4-6(11)12)5(10)3-8-7(9)13/h2-4H2,1H3,(H-,8,11,12,13). The molecular weight excluding hydrogens is 192 g/mol. The Balaban J connectivity index is 2.95. The molecule has 0 spiro atoms. The third-order valence-electron chi connectivity index (χ3n) is 2.20. The number of carboxylic acid groups (broad SMARTS) is 1. The molecule has 1 N–H and O–H groups in total. The summed E-state index contributed by atoms with van der Waals surface area (Å²) < 4.78 is -0.308. The van der Waals surface area contributed by atoms with Gasteiger partial charge in [0, 0.05) is 12.2 Å². The normalized spacial score (nSPS) is 27.5. The molecule has 1 unspecified atom stereocenters. The molecule has 1 atom stereocenters. The highest BCUT2D eigenvalue weighted by Gasteiger charge is 2.45. The van der Waals surface area contributed by atoms with Crippen LogP contribution in [0.15, 0.2) is 0 Å². The van der Waals surface area contributed by atoms with E-state index in [1.807, 2.05) is 0 Å². The highest BCUT2D eigenvalue weighted by molar-refractivity contribution is 7.80. The predicted molar refractivity (Wildman–Crippen MR) is 46.3 cm³/mol. The van der Waals surface area contributed by atoms with Crippen molar-refractivity contribution in [2.75, 3.05) is 19.6 Å². The third-order valence-corrected chi connectivity index (χ3v) is 2.69. The first-order valence-corrected chi connectivity index (χ1v) is 4.32. The maximum absolute atomic E-state index is 11.4. The minimum atomic E-state index is -1.26. The topological polar surface area (TPSA) is 69.2 Å². The van der Waals surface area contributed by atoms with Gasteiger partial charge >= 0.3 is 5.91 Å². The largest absolute Gasteiger partial charge is 0.544 e. The van der Waals surface area contributed by atoms with Gasteiger partial charge < -0.3 is 15.2 Å². The second-order valence-corrected chi connectivity index (χ2v) is 3.25. The predicted octanol–water partition coefficient (Wildman–Crippen LogP) is -2.01. The van der Waals surface area contributed by atoms with Gasteiger partial charge in [-0.2, -0.15) is 4.48 Å². The van der Waals surface area contributed by atoms with Crippen LogP contribution in [0.2, 0.25) is 0 Å². The second-order valence-electron chi connectivity index (χ2n) is 2.87. The van der Waals surface area contributed by atoms with Crippen molar-refractivity contribution in [1.82, 2.24) is 5.32 Å². The van der Waals surface area contributed by atoms with Crippen molar-refractivity contribution in [2.24, 2.45) is 0 Å². The molecule has 1 rings (SSSR count). The number of carbonyl (C=O) groups is 2. The molecule has 0 aromatic heterocycles. The summed E-state index contributed by atoms with van der Waals surface area (Å²) in [5, 5.41) is 13.4. The van der Waals surface area contributed by atoms with Crippen molar-refractivity contribution in [2.45, 2.75) is 6.92 Å². The van der Waals surface area contributed by atoms with E-state index < -0.39 is 5.97 Å². The van der Waals surface area contributed by atoms with Gasteiger partial charge in [0.2, 0.25) is 0 Å². The van der Waals surface area contributed by atoms with Crippen LogP contribution in [0, 0.1) is 0 Å². The highest BCUT2D eigenvalue weighted by atomic mass is 32.1. The zero-order chi connectivity index (χ0) is 10.1. The number of amides is 1. The molecule has 0 saturated carbocycles. The number of nitrogens with zero attached hydrogens (tertiary/aromatic N) is 1. The van der Waals surface area contributed by atoms with E-state index in [0.29, 0.717) is 6.54 Å². The van der Waals surface area contributed by atoms with Gasteiger partial charge in [-0.1, -0.05) is 0 Å². The van der Waals surface area contributed by atoms with E-state index in [1.54, 1.807) is 6.92 Å². The van der Waals surface area contributed by atoms with Crippen LogP contribution < -0.4 is 10.4 Å². The molecule has 13 heavy (non-hydrogen) atoms. The van der Waals surface area contributed by atoms with E-state index in [4.69, 9.17) is 12.2 Å². The molecule has 1 saturated heterocycles. The monoisotopic (exact) mass is 202 g/mol. The van der Waals surface area contributed by atoms with Crippen LogP contribution in [0.3, 0.4) is 0 Å². The SMILES string of the molecule is CC[N+]1(CC(=O)[O-])C(=O)CNC1=S. The van der Waals surface area contributed by atoms with Crippen molar-refractivity contribution < 1.29 is 19.2 Å². The number of likely N-dealkylation sites (N-methyl/N-ethyl adjacent to an activating group) is 1. The van der Waals surface area contributed by atoms with Crippen LogP contribution in [-0.2, 0) is 9.59 Å². The Hall–Kier alpha value is -1.01. The fourth-order valence-electron chi connectivity index (χ4n) is 1.38. The summed E-state index contributed by atoms with van der Waals surface area (Å²) in [4.78, 5) is 21.8. The van der Waals surface area contributed by atoms with Crippen LogP contribution in [-0.4, -0.2) is 41.1 Å². The van der Waals surface area contributed by atoms with Gasteiger partial charge in [-0.3, -0.25) is 0 Å². The fraction of sp³-hybridized carbons (Fsp3) is 0.571. The minimum absolute atomic E-state index is 0.111. The zero-order valence-corrected chi connectivity index (χ0v) is 8.02. The number of hydrogen-bond acceptors (Lipinski definition) is 4. The number of thiocarbonyl (C=S) groups is 1. The van der Waals surface area contributed by atoms with Gasteiger partial charge in [0.1, 0.15) is 13.1 Å². The van der Waals surface area contributed by atoms with E-state index in [2.05, 4.69) is 5.32 Å². The summed E-state index contributed by atoms with van der Waals surface area (Å²) >= 11 is 4.90. The van der Waals surface area contributed by atoms with Crippen molar-refractivity contribution in [3.63, 3.8) is 0 Å². The van der Waals surface area contributed by atoms with Crippen LogP contribution in [0.4, 0.5) is 0 Å². The van der Waals surface area contributed by atoms with Crippen LogP contribution in [0.1, 0.15) is 6.92 Å². The van der Waals surface area contributed by atoms with Crippen molar-refractivity contribution >= 4 is 29.2 Å². The molecule has 0 bridgehead atoms. The summed E-state index contributed by atoms with van der Waals surface area (Å²) in [6.07, 6.45) is 0. The summed E-state index contributed by atoms with van der Waals surface area (Å²) in [5.41, 5.74) is 0. The molecule has 0 aromatic rings. The Morgan fingerprint density at radius 1 is 1.77 bits per heavy atom. The Bertz CT molecular complexity index is 261. The number of rotatable bonds is 3. The quantitative estimate of drug-likeness (QED) is 0.423. The summed E-state index contributed by atoms with van der Waals surface area (Å²) in [6.45, 7) is 1.81. The third kappa shape index (κ3) is 1.54. The molecule has 6 heteroatoms. The number of carbonyl (C=O) groups excluding carboxylic acids is 2. The Kier molecular flexibility index (Phi) is 2.63. The Morgan fingerprint density at radius 3 is 2.69 bits per heavy atom. The number of aliphatic carboxylic acids is 1. The first-order chi connectivity index (χ1) is 6.03. The number of quaternary nitrogens is 1. The van der Waals surface area contributed by atoms with E-state index in [-0.39, 0.29) is 28.6 Å². The maximum atomic E-state index is 11.4. The molecule has 0 radical (unpaired) electrons. The van der Waals surface area contributed by atoms with Gasteiger partial charge in [0.25, 0.3) is 5.11 Å². The molecular formula is C7H10N2O3S. The number of nitrogens with one attached hydrogen (secondary N) is 1. The zero-order valence-electron chi connectivity index (χ0n) is 7.20. The van der Waals surface area contributed by atoms with Crippen molar-refractivity contribution in [3.05, 3.63) is 0 Å². The van der Waals surface area contributed by atoms with Gasteiger partial charge in [-0.05, 0) is 6.92 Å². The van der Waals surface area contributed by atoms with Crippen LogP contribution >= 0.6 is 12.2 Å². The average Bonchev–Trinajstić information content (AvgIpc) is 2.32. The fourth-order valence-corrected chi connectivity index (χ4v) is 1.75. The van der Waals surface area contributed by atoms with Crippen LogP contribution in [0.25, 0.3) is 0 Å². The lowest BCUT2D eigenvalue weighted by molar-refractivity contribution is -0.750. The average molecular weight is 202 g/mol. The van der Waals surface area contributed by atoms with E-state index >= 15 is 0 Å². The van der Waals surface area contributed by atoms with E-state index in [0.717, 1.165) is 0 Å². The first kappa shape index (κ1) is 10.1. The molecule has 1 aliphatic rings. The molecule has 5 nitrogen and oxygen atoms in total. The minimum Gasteiger partial charge on any atom is -0.544 e. The Labute approximate surface area is 80.9 Å². The maximum Gasteiger partial charge on any atom is 0.340 e. The Morgan fingerprint density at radius 2 is 2.38 bits per heavy atom. The van der Waals surface area contributed by atoms with Crippen LogP contribution in [0.5, 0.6) is 0 Å². The lowest BCUT2D eigenvalue weighted by atomic mass is 10.4. The highest BCUT2D eigenvalue weighted by Crippen LogP contribution is 2.13. The van der Waals surface area contributed by atoms with Gasteiger partial charge in [-0.25, -0.2) is 4.79 Å². The van der Waals surface area contributed by atoms with Crippen molar-refractivity contribution in [3.8, 4) is 0 Å². The van der Waals surface area contributed by atoms with Gasteiger partial charge in [0.05, 0.1) is 12.5 Å². The molecule has 1 aliphatic heterocycles. The summed E-state index contributed by atoms with van der Waals surface area (Å²) in [6, 6.07) is 0. The molecule has 72 valence electrons. The van der Waals surface area contributed by atoms with Gasteiger partial charge in [0.15, 0.2) is 0 Å². The second kappa shape index (κ2) is 3.39. The number of hydrogen-bond donors (Lipinski definition) is 1. The summed E-state index contributed by atoms with van der Waals surface area (Å²) in [5.74, 6) is -1.47. The van der Waals surface area contributed by atoms with Gasteiger partial charge in [-0.15, -0.1) is 0 Å². The lowest BCUT2D eigenvalue weighted by Gasteiger charge is -2.27. The summed E-state index contributed by atoms with van der Waals surface area (Å²) in [7, 11) is 0. The molecule has 1 fully saturated rings. The first-order valence-electron chi connectivity index (χ1n) is 3.91. The number of carboxylic acids is 1. The molecule has 1 amide bonds. The van der Waals surface area contributed by atoms with Crippen molar-refractivity contribution in [1.29, 1.82) is 0 Å². The molecule has 0 aliphatic carbocycles. The molecule has 0 aromatic carbocycles. The smallest absolute Gasteiger partial charge is 0.340 e. The lowest BCUT2D eigenvalue weighted by Crippen LogP contribution is -2.58. The van der Waals surface area contributed by atoms with E-state index in [9.17, 15) is 14.7 Å².